The molecule has 5 nitrogen and oxygen atoms in total. The van der Waals surface area contributed by atoms with E-state index in [-0.39, 0.29) is 11.7 Å². The second-order valence-electron chi connectivity index (χ2n) is 6.98. The van der Waals surface area contributed by atoms with Gasteiger partial charge in [-0.25, -0.2) is 4.39 Å². The van der Waals surface area contributed by atoms with Gasteiger partial charge in [0.1, 0.15) is 11.1 Å². The zero-order valence-corrected chi connectivity index (χ0v) is 18.0. The van der Waals surface area contributed by atoms with Gasteiger partial charge < -0.3 is 5.32 Å². The first kappa shape index (κ1) is 21.5. The molecule has 1 atom stereocenters. The Morgan fingerprint density at radius 3 is 2.31 bits per heavy atom. The van der Waals surface area contributed by atoms with Crippen molar-refractivity contribution < 1.29 is 9.18 Å². The summed E-state index contributed by atoms with van der Waals surface area (Å²) < 4.78 is 15.2. The Balaban J connectivity index is 1.68. The predicted molar refractivity (Wildman–Crippen MR) is 126 cm³/mol. The number of hydrogen-bond acceptors (Lipinski definition) is 4. The smallest absolute Gasteiger partial charge is 0.242 e. The Labute approximate surface area is 190 Å². The van der Waals surface area contributed by atoms with Crippen LogP contribution >= 0.6 is 11.8 Å². The van der Waals surface area contributed by atoms with E-state index < -0.39 is 5.25 Å². The van der Waals surface area contributed by atoms with Crippen molar-refractivity contribution in [2.45, 2.75) is 17.0 Å². The number of halogens is 1. The monoisotopic (exact) mass is 444 g/mol. The van der Waals surface area contributed by atoms with Crippen LogP contribution in [-0.4, -0.2) is 20.7 Å². The molecule has 0 bridgehead atoms. The minimum atomic E-state index is -0.551. The fourth-order valence-corrected chi connectivity index (χ4v) is 4.26. The maximum atomic E-state index is 13.4. The van der Waals surface area contributed by atoms with Gasteiger partial charge in [-0.3, -0.25) is 9.36 Å². The molecule has 0 aliphatic carbocycles. The molecule has 1 N–H and O–H groups in total. The van der Waals surface area contributed by atoms with Crippen LogP contribution in [0.25, 0.3) is 11.4 Å². The number of allylic oxidation sites excluding steroid dienone is 1. The first-order valence-electron chi connectivity index (χ1n) is 10.0. The van der Waals surface area contributed by atoms with Gasteiger partial charge in [0.05, 0.1) is 0 Å². The molecule has 0 aliphatic rings. The molecule has 0 fully saturated rings. The van der Waals surface area contributed by atoms with Crippen LogP contribution < -0.4 is 5.32 Å². The van der Waals surface area contributed by atoms with E-state index in [1.807, 2.05) is 65.2 Å². The van der Waals surface area contributed by atoms with Crippen LogP contribution in [0.4, 0.5) is 10.1 Å². The summed E-state index contributed by atoms with van der Waals surface area (Å²) in [5, 5.41) is 11.7. The summed E-state index contributed by atoms with van der Waals surface area (Å²) in [6.07, 6.45) is 1.74. The van der Waals surface area contributed by atoms with Gasteiger partial charge in [0, 0.05) is 17.8 Å². The Kier molecular flexibility index (Phi) is 6.77. The van der Waals surface area contributed by atoms with E-state index in [2.05, 4.69) is 22.1 Å². The number of hydrogen-bond donors (Lipinski definition) is 1. The molecule has 0 spiro atoms. The van der Waals surface area contributed by atoms with Crippen molar-refractivity contribution in [2.75, 3.05) is 5.32 Å². The SMILES string of the molecule is C=CCn1c(SC(C(=O)Nc2ccccc2)c2ccccc2)nnc1-c1ccc(F)cc1. The lowest BCUT2D eigenvalue weighted by Crippen LogP contribution is -2.19. The number of carbonyl (C=O) groups excluding carboxylic acids is 1. The summed E-state index contributed by atoms with van der Waals surface area (Å²) in [7, 11) is 0. The molecule has 3 aromatic carbocycles. The third kappa shape index (κ3) is 4.95. The summed E-state index contributed by atoms with van der Waals surface area (Å²) >= 11 is 1.31. The van der Waals surface area contributed by atoms with Gasteiger partial charge in [-0.1, -0.05) is 66.4 Å². The molecule has 4 aromatic rings. The van der Waals surface area contributed by atoms with Crippen molar-refractivity contribution in [3.8, 4) is 11.4 Å². The number of rotatable bonds is 8. The third-order valence-electron chi connectivity index (χ3n) is 4.74. The van der Waals surface area contributed by atoms with Crippen LogP contribution in [0, 0.1) is 5.82 Å². The fourth-order valence-electron chi connectivity index (χ4n) is 3.22. The van der Waals surface area contributed by atoms with Crippen molar-refractivity contribution in [3.63, 3.8) is 0 Å². The number of amides is 1. The highest BCUT2D eigenvalue weighted by Gasteiger charge is 2.26. The molecule has 0 aliphatic heterocycles. The molecule has 160 valence electrons. The van der Waals surface area contributed by atoms with Gasteiger partial charge >= 0.3 is 0 Å². The molecule has 0 saturated carbocycles. The normalized spacial score (nSPS) is 11.7. The van der Waals surface area contributed by atoms with E-state index in [0.29, 0.717) is 17.5 Å². The molecule has 32 heavy (non-hydrogen) atoms. The van der Waals surface area contributed by atoms with Gasteiger partial charge in [0.15, 0.2) is 11.0 Å². The minimum absolute atomic E-state index is 0.163. The van der Waals surface area contributed by atoms with Crippen LogP contribution in [0.15, 0.2) is 103 Å². The first-order valence-corrected chi connectivity index (χ1v) is 10.9. The number of aromatic nitrogens is 3. The van der Waals surface area contributed by atoms with Gasteiger partial charge in [-0.2, -0.15) is 0 Å². The lowest BCUT2D eigenvalue weighted by atomic mass is 10.1. The van der Waals surface area contributed by atoms with Crippen molar-refractivity contribution in [2.24, 2.45) is 0 Å². The maximum absolute atomic E-state index is 13.4. The van der Waals surface area contributed by atoms with Crippen LogP contribution in [0.5, 0.6) is 0 Å². The van der Waals surface area contributed by atoms with Gasteiger partial charge in [-0.15, -0.1) is 16.8 Å². The Morgan fingerprint density at radius 2 is 1.66 bits per heavy atom. The van der Waals surface area contributed by atoms with E-state index >= 15 is 0 Å². The molecule has 1 heterocycles. The van der Waals surface area contributed by atoms with E-state index in [4.69, 9.17) is 0 Å². The van der Waals surface area contributed by atoms with E-state index in [9.17, 15) is 9.18 Å². The van der Waals surface area contributed by atoms with Crippen molar-refractivity contribution in [1.82, 2.24) is 14.8 Å². The second-order valence-corrected chi connectivity index (χ2v) is 8.05. The maximum Gasteiger partial charge on any atom is 0.242 e. The Morgan fingerprint density at radius 1 is 1.00 bits per heavy atom. The number of benzene rings is 3. The summed E-state index contributed by atoms with van der Waals surface area (Å²) in [6, 6.07) is 24.9. The van der Waals surface area contributed by atoms with E-state index in [1.165, 1.54) is 23.9 Å². The van der Waals surface area contributed by atoms with Crippen LogP contribution in [0.3, 0.4) is 0 Å². The van der Waals surface area contributed by atoms with E-state index in [0.717, 1.165) is 16.8 Å². The summed E-state index contributed by atoms with van der Waals surface area (Å²) in [6.45, 7) is 4.28. The summed E-state index contributed by atoms with van der Waals surface area (Å²) in [5.41, 5.74) is 2.30. The largest absolute Gasteiger partial charge is 0.325 e. The van der Waals surface area contributed by atoms with Gasteiger partial charge in [-0.05, 0) is 42.0 Å². The molecule has 7 heteroatoms. The first-order chi connectivity index (χ1) is 15.7. The molecular weight excluding hydrogens is 423 g/mol. The van der Waals surface area contributed by atoms with Crippen molar-refractivity contribution in [1.29, 1.82) is 0 Å². The highest BCUT2D eigenvalue weighted by molar-refractivity contribution is 8.00. The van der Waals surface area contributed by atoms with Crippen molar-refractivity contribution >= 4 is 23.4 Å². The predicted octanol–water partition coefficient (Wildman–Crippen LogP) is 5.74. The number of nitrogens with one attached hydrogen (secondary N) is 1. The fraction of sp³-hybridized carbons (Fsp3) is 0.0800. The van der Waals surface area contributed by atoms with Crippen LogP contribution in [0.2, 0.25) is 0 Å². The number of nitrogens with zero attached hydrogens (tertiary/aromatic N) is 3. The quantitative estimate of drug-likeness (QED) is 0.278. The number of carbonyl (C=O) groups is 1. The zero-order valence-electron chi connectivity index (χ0n) is 17.2. The standard InChI is InChI=1S/C25H21FN4OS/c1-2-17-30-23(19-13-15-20(26)16-14-19)28-29-25(30)32-22(18-9-5-3-6-10-18)24(31)27-21-11-7-4-8-12-21/h2-16,22H,1,17H2,(H,27,31). The topological polar surface area (TPSA) is 59.8 Å². The number of para-hydroxylation sites is 1. The van der Waals surface area contributed by atoms with Crippen LogP contribution in [-0.2, 0) is 11.3 Å². The molecule has 1 aromatic heterocycles. The third-order valence-corrected chi connectivity index (χ3v) is 5.97. The Hall–Kier alpha value is -3.71. The lowest BCUT2D eigenvalue weighted by Gasteiger charge is -2.17. The zero-order chi connectivity index (χ0) is 22.3. The molecule has 1 amide bonds. The lowest BCUT2D eigenvalue weighted by molar-refractivity contribution is -0.115. The highest BCUT2D eigenvalue weighted by atomic mass is 32.2. The van der Waals surface area contributed by atoms with Gasteiger partial charge in [0.2, 0.25) is 5.91 Å². The van der Waals surface area contributed by atoms with Crippen molar-refractivity contribution in [3.05, 3.63) is 109 Å². The number of thioether (sulfide) groups is 1. The van der Waals surface area contributed by atoms with Crippen LogP contribution in [0.1, 0.15) is 10.8 Å². The average Bonchev–Trinajstić information content (AvgIpc) is 3.21. The molecule has 1 unspecified atom stereocenters. The molecule has 0 saturated heterocycles. The summed E-state index contributed by atoms with van der Waals surface area (Å²) in [5.74, 6) is 0.103. The van der Waals surface area contributed by atoms with E-state index in [1.54, 1.807) is 18.2 Å². The number of anilines is 1. The highest BCUT2D eigenvalue weighted by Crippen LogP contribution is 2.37. The molecular formula is C25H21FN4OS. The van der Waals surface area contributed by atoms with Gasteiger partial charge in [0.25, 0.3) is 0 Å². The summed E-state index contributed by atoms with van der Waals surface area (Å²) in [4.78, 5) is 13.2. The molecule has 0 radical (unpaired) electrons. The minimum Gasteiger partial charge on any atom is -0.325 e. The second kappa shape index (κ2) is 10.1. The molecule has 4 rings (SSSR count). The average molecular weight is 445 g/mol. The Bertz CT molecular complexity index is 1190.